The van der Waals surface area contributed by atoms with Gasteiger partial charge in [-0.3, -0.25) is 10.4 Å². The number of imidazole rings is 1. The minimum Gasteiger partial charge on any atom is -0.375 e. The molecule has 4 rings (SSSR count). The summed E-state index contributed by atoms with van der Waals surface area (Å²) in [5.41, 5.74) is 11.8. The quantitative estimate of drug-likeness (QED) is 0.314. The summed E-state index contributed by atoms with van der Waals surface area (Å²) in [5.74, 6) is -0.310. The SMILES string of the molecule is C/C(=N/NC(N)=S)c1ccc2ncc(Cc3cc4cccnc4cc3F)n2n1. The monoisotopic (exact) mass is 393 g/mol. The average molecular weight is 393 g/mol. The fourth-order valence-electron chi connectivity index (χ4n) is 2.90. The van der Waals surface area contributed by atoms with E-state index in [4.69, 9.17) is 18.0 Å². The van der Waals surface area contributed by atoms with Crippen LogP contribution >= 0.6 is 12.2 Å². The van der Waals surface area contributed by atoms with Crippen molar-refractivity contribution in [3.63, 3.8) is 0 Å². The fraction of sp³-hybridized carbons (Fsp3) is 0.105. The number of aromatic nitrogens is 4. The van der Waals surface area contributed by atoms with Gasteiger partial charge in [0.2, 0.25) is 0 Å². The number of nitrogens with zero attached hydrogens (tertiary/aromatic N) is 5. The summed E-state index contributed by atoms with van der Waals surface area (Å²) in [6.45, 7) is 1.78. The lowest BCUT2D eigenvalue weighted by Crippen LogP contribution is -2.25. The molecule has 0 fully saturated rings. The lowest BCUT2D eigenvalue weighted by atomic mass is 10.1. The third-order valence-electron chi connectivity index (χ3n) is 4.28. The van der Waals surface area contributed by atoms with Crippen molar-refractivity contribution in [1.82, 2.24) is 25.0 Å². The molecule has 0 saturated heterocycles. The molecule has 3 heterocycles. The van der Waals surface area contributed by atoms with Crippen LogP contribution in [0.3, 0.4) is 0 Å². The Morgan fingerprint density at radius 3 is 2.96 bits per heavy atom. The second-order valence-corrected chi connectivity index (χ2v) is 6.67. The Balaban J connectivity index is 1.71. The van der Waals surface area contributed by atoms with Crippen LogP contribution in [-0.2, 0) is 6.42 Å². The van der Waals surface area contributed by atoms with Crippen molar-refractivity contribution in [3.05, 3.63) is 71.6 Å². The van der Waals surface area contributed by atoms with Crippen molar-refractivity contribution >= 4 is 39.6 Å². The molecule has 140 valence electrons. The van der Waals surface area contributed by atoms with E-state index in [9.17, 15) is 4.39 Å². The van der Waals surface area contributed by atoms with Gasteiger partial charge in [0.25, 0.3) is 0 Å². The zero-order valence-electron chi connectivity index (χ0n) is 14.9. The maximum absolute atomic E-state index is 14.6. The highest BCUT2D eigenvalue weighted by molar-refractivity contribution is 7.80. The Hall–Kier alpha value is -3.46. The number of nitrogens with one attached hydrogen (secondary N) is 1. The van der Waals surface area contributed by atoms with E-state index >= 15 is 0 Å². The Morgan fingerprint density at radius 1 is 1.29 bits per heavy atom. The van der Waals surface area contributed by atoms with Gasteiger partial charge in [0.05, 0.1) is 23.1 Å². The number of hydrogen-bond acceptors (Lipinski definition) is 5. The maximum atomic E-state index is 14.6. The Bertz CT molecular complexity index is 1230. The van der Waals surface area contributed by atoms with Gasteiger partial charge in [-0.15, -0.1) is 0 Å². The van der Waals surface area contributed by atoms with Crippen molar-refractivity contribution in [3.8, 4) is 0 Å². The molecule has 0 spiro atoms. The van der Waals surface area contributed by atoms with Gasteiger partial charge in [0, 0.05) is 24.1 Å². The highest BCUT2D eigenvalue weighted by atomic mass is 32.1. The van der Waals surface area contributed by atoms with Gasteiger partial charge in [-0.05, 0) is 49.0 Å². The van der Waals surface area contributed by atoms with Crippen molar-refractivity contribution in [2.75, 3.05) is 0 Å². The summed E-state index contributed by atoms with van der Waals surface area (Å²) >= 11 is 4.75. The van der Waals surface area contributed by atoms with Gasteiger partial charge in [-0.25, -0.2) is 13.9 Å². The minimum absolute atomic E-state index is 0.0741. The number of nitrogens with two attached hydrogens (primary N) is 1. The van der Waals surface area contributed by atoms with Crippen LogP contribution < -0.4 is 11.2 Å². The summed E-state index contributed by atoms with van der Waals surface area (Å²) in [6.07, 6.45) is 3.68. The van der Waals surface area contributed by atoms with E-state index in [2.05, 4.69) is 25.6 Å². The molecular weight excluding hydrogens is 377 g/mol. The molecule has 0 aliphatic rings. The Labute approximate surface area is 165 Å². The summed E-state index contributed by atoms with van der Waals surface area (Å²) in [6, 6.07) is 10.6. The van der Waals surface area contributed by atoms with Crippen molar-refractivity contribution in [1.29, 1.82) is 0 Å². The first kappa shape index (κ1) is 17.9. The van der Waals surface area contributed by atoms with Crippen molar-refractivity contribution < 1.29 is 4.39 Å². The first-order valence-corrected chi connectivity index (χ1v) is 8.89. The second-order valence-electron chi connectivity index (χ2n) is 6.23. The third-order valence-corrected chi connectivity index (χ3v) is 4.37. The van der Waals surface area contributed by atoms with Crippen LogP contribution in [-0.4, -0.2) is 30.4 Å². The summed E-state index contributed by atoms with van der Waals surface area (Å²) in [7, 11) is 0. The summed E-state index contributed by atoms with van der Waals surface area (Å²) in [5, 5.41) is 9.61. The smallest absolute Gasteiger partial charge is 0.184 e. The molecule has 4 aromatic rings. The zero-order valence-corrected chi connectivity index (χ0v) is 15.7. The van der Waals surface area contributed by atoms with Gasteiger partial charge in [0.15, 0.2) is 10.8 Å². The van der Waals surface area contributed by atoms with E-state index in [1.807, 2.05) is 18.2 Å². The molecule has 3 N–H and O–H groups in total. The number of hydrazone groups is 1. The van der Waals surface area contributed by atoms with Crippen LogP contribution in [0, 0.1) is 5.82 Å². The van der Waals surface area contributed by atoms with E-state index in [-0.39, 0.29) is 10.9 Å². The lowest BCUT2D eigenvalue weighted by Gasteiger charge is -2.07. The van der Waals surface area contributed by atoms with Crippen LogP contribution in [0.1, 0.15) is 23.9 Å². The molecule has 7 nitrogen and oxygen atoms in total. The molecule has 28 heavy (non-hydrogen) atoms. The molecule has 0 amide bonds. The fourth-order valence-corrected chi connectivity index (χ4v) is 2.95. The van der Waals surface area contributed by atoms with Gasteiger partial charge in [-0.1, -0.05) is 6.07 Å². The number of benzene rings is 1. The first-order valence-electron chi connectivity index (χ1n) is 8.48. The molecule has 0 unspecified atom stereocenters. The standard InChI is InChI=1S/C19H16FN7S/c1-11(24-25-19(21)28)16-4-5-18-23-10-14(27(18)26-16)8-13-7-12-3-2-6-22-17(12)9-15(13)20/h2-7,9-10H,8H2,1H3,(H3,21,25,28)/b24-11-. The topological polar surface area (TPSA) is 93.5 Å². The molecule has 3 aromatic heterocycles. The number of thiocarbonyl (C=S) groups is 1. The predicted octanol–water partition coefficient (Wildman–Crippen LogP) is 2.56. The van der Waals surface area contributed by atoms with Crippen LogP contribution in [0.4, 0.5) is 4.39 Å². The molecule has 0 atom stereocenters. The molecule has 1 aromatic carbocycles. The van der Waals surface area contributed by atoms with Crippen LogP contribution in [0.15, 0.2) is 53.9 Å². The number of hydrogen-bond donors (Lipinski definition) is 2. The Morgan fingerprint density at radius 2 is 2.14 bits per heavy atom. The predicted molar refractivity (Wildman–Crippen MR) is 110 cm³/mol. The van der Waals surface area contributed by atoms with Crippen LogP contribution in [0.25, 0.3) is 16.6 Å². The third kappa shape index (κ3) is 3.52. The van der Waals surface area contributed by atoms with E-state index in [0.29, 0.717) is 34.6 Å². The zero-order chi connectivity index (χ0) is 19.7. The van der Waals surface area contributed by atoms with Crippen molar-refractivity contribution in [2.45, 2.75) is 13.3 Å². The van der Waals surface area contributed by atoms with E-state index < -0.39 is 0 Å². The van der Waals surface area contributed by atoms with Gasteiger partial charge in [-0.2, -0.15) is 10.2 Å². The van der Waals surface area contributed by atoms with E-state index in [1.165, 1.54) is 6.07 Å². The van der Waals surface area contributed by atoms with Crippen LogP contribution in [0.2, 0.25) is 0 Å². The first-order chi connectivity index (χ1) is 13.5. The molecule has 0 saturated carbocycles. The molecule has 0 bridgehead atoms. The number of halogens is 1. The van der Waals surface area contributed by atoms with E-state index in [1.54, 1.807) is 36.0 Å². The Kier molecular flexibility index (Phi) is 4.66. The minimum atomic E-state index is -0.310. The van der Waals surface area contributed by atoms with Gasteiger partial charge in [0.1, 0.15) is 11.5 Å². The normalized spacial score (nSPS) is 11.9. The average Bonchev–Trinajstić information content (AvgIpc) is 3.08. The number of rotatable bonds is 4. The summed E-state index contributed by atoms with van der Waals surface area (Å²) in [4.78, 5) is 8.53. The van der Waals surface area contributed by atoms with Gasteiger partial charge < -0.3 is 5.73 Å². The molecule has 0 radical (unpaired) electrons. The highest BCUT2D eigenvalue weighted by Gasteiger charge is 2.12. The summed E-state index contributed by atoms with van der Waals surface area (Å²) < 4.78 is 16.2. The molecular formula is C19H16FN7S. The second kappa shape index (κ2) is 7.28. The number of pyridine rings is 1. The lowest BCUT2D eigenvalue weighted by molar-refractivity contribution is 0.614. The van der Waals surface area contributed by atoms with Crippen LogP contribution in [0.5, 0.6) is 0 Å². The molecule has 9 heteroatoms. The maximum Gasteiger partial charge on any atom is 0.184 e. The van der Waals surface area contributed by atoms with Gasteiger partial charge >= 0.3 is 0 Å². The van der Waals surface area contributed by atoms with E-state index in [0.717, 1.165) is 11.1 Å². The molecule has 0 aliphatic heterocycles. The molecule has 0 aliphatic carbocycles. The number of fused-ring (bicyclic) bond motifs is 2. The largest absolute Gasteiger partial charge is 0.375 e. The highest BCUT2D eigenvalue weighted by Crippen LogP contribution is 2.20. The van der Waals surface area contributed by atoms with Crippen molar-refractivity contribution in [2.24, 2.45) is 10.8 Å².